The topological polar surface area (TPSA) is 93.1 Å². The van der Waals surface area contributed by atoms with Crippen molar-refractivity contribution >= 4 is 39.0 Å². The van der Waals surface area contributed by atoms with Gasteiger partial charge in [0.15, 0.2) is 0 Å². The fraction of sp³-hybridized carbons (Fsp3) is 0.333. The van der Waals surface area contributed by atoms with Gasteiger partial charge in [-0.3, -0.25) is 0 Å². The first kappa shape index (κ1) is 21.1. The van der Waals surface area contributed by atoms with Gasteiger partial charge in [-0.1, -0.05) is 77.8 Å². The van der Waals surface area contributed by atoms with Crippen LogP contribution in [-0.2, 0) is 18.2 Å². The molecule has 2 atom stereocenters. The Morgan fingerprint density at radius 3 is 2.00 bits per heavy atom. The molecule has 0 fully saturated rings. The number of rotatable bonds is 7. The molecule has 2 aromatic carbocycles. The summed E-state index contributed by atoms with van der Waals surface area (Å²) in [6.45, 7) is 4.36. The smallest absolute Gasteiger partial charge is 0.133 e. The van der Waals surface area contributed by atoms with Gasteiger partial charge in [-0.05, 0) is 22.9 Å². The second-order valence-corrected chi connectivity index (χ2v) is 7.07. The molecule has 9 heteroatoms. The van der Waals surface area contributed by atoms with E-state index in [0.29, 0.717) is 4.90 Å². The first-order valence-electron chi connectivity index (χ1n) is 7.27. The monoisotopic (exact) mass is 390 g/mol. The molecule has 0 aliphatic carbocycles. The molecule has 0 saturated heterocycles. The van der Waals surface area contributed by atoms with Crippen LogP contribution in [0.2, 0.25) is 0 Å². The van der Waals surface area contributed by atoms with Gasteiger partial charge in [-0.15, -0.1) is 9.79 Å². The summed E-state index contributed by atoms with van der Waals surface area (Å²) in [5, 5.41) is 2.01. The van der Waals surface area contributed by atoms with Crippen LogP contribution < -0.4 is 0 Å². The molecule has 0 spiro atoms. The van der Waals surface area contributed by atoms with Crippen LogP contribution in [0, 0.1) is 0 Å². The second-order valence-electron chi connectivity index (χ2n) is 4.60. The minimum atomic E-state index is -2.94. The second kappa shape index (κ2) is 11.6. The third kappa shape index (κ3) is 8.27. The highest BCUT2D eigenvalue weighted by molar-refractivity contribution is 7.99. The molecule has 0 heterocycles. The number of hydrogen-bond donors (Lipinski definition) is 2. The average Bonchev–Trinajstić information content (AvgIpc) is 2.53. The highest BCUT2D eigenvalue weighted by Crippen LogP contribution is 2.37. The van der Waals surface area contributed by atoms with Gasteiger partial charge >= 0.3 is 22.1 Å². The van der Waals surface area contributed by atoms with Gasteiger partial charge in [-0.25, -0.2) is 0 Å². The molecule has 0 radical (unpaired) electrons. The van der Waals surface area contributed by atoms with Crippen molar-refractivity contribution in [3.8, 4) is 0 Å². The van der Waals surface area contributed by atoms with Crippen molar-refractivity contribution in [3.05, 3.63) is 42.5 Å². The molecule has 6 nitrogen and oxygen atoms in total. The highest BCUT2D eigenvalue weighted by Gasteiger charge is 2.33. The van der Waals surface area contributed by atoms with E-state index in [1.54, 1.807) is 6.07 Å². The first-order chi connectivity index (χ1) is 11.5. The van der Waals surface area contributed by atoms with E-state index in [4.69, 9.17) is 9.79 Å². The number of fused-ring (bicyclic) bond motifs is 1. The molecule has 0 aliphatic rings. The molecule has 0 saturated carbocycles. The van der Waals surface area contributed by atoms with Crippen LogP contribution in [0.4, 0.5) is 0 Å². The zero-order valence-corrected chi connectivity index (χ0v) is 16.0. The summed E-state index contributed by atoms with van der Waals surface area (Å²) >= 11 is 0.928. The molecule has 0 bridgehead atoms. The Morgan fingerprint density at radius 2 is 1.50 bits per heavy atom. The molecule has 2 aromatic rings. The fourth-order valence-electron chi connectivity index (χ4n) is 1.56. The minimum absolute atomic E-state index is 0.683. The summed E-state index contributed by atoms with van der Waals surface area (Å²) in [5.74, 6) is 0. The molecular formula is C15H20O6P2S+2. The van der Waals surface area contributed by atoms with Gasteiger partial charge in [0.2, 0.25) is 0 Å². The summed E-state index contributed by atoms with van der Waals surface area (Å²) < 4.78 is 30.4. The Kier molecular flexibility index (Phi) is 10.2. The van der Waals surface area contributed by atoms with Crippen LogP contribution in [0.5, 0.6) is 0 Å². The molecule has 0 aromatic heterocycles. The van der Waals surface area contributed by atoms with Gasteiger partial charge < -0.3 is 0 Å². The fourth-order valence-corrected chi connectivity index (χ4v) is 3.36. The van der Waals surface area contributed by atoms with E-state index in [1.165, 1.54) is 12.8 Å². The summed E-state index contributed by atoms with van der Waals surface area (Å²) in [4.78, 5) is 18.1. The Balaban J connectivity index is 0.000000648. The molecule has 0 aliphatic heterocycles. The van der Waals surface area contributed by atoms with Gasteiger partial charge in [0.05, 0.1) is 0 Å². The average molecular weight is 390 g/mol. The lowest BCUT2D eigenvalue weighted by Crippen LogP contribution is -2.04. The zero-order valence-electron chi connectivity index (χ0n) is 13.4. The third-order valence-corrected chi connectivity index (χ3v) is 4.75. The number of unbranched alkanes of at least 4 members (excludes halogenated alkanes) is 1. The first-order valence-corrected chi connectivity index (χ1v) is 10.4. The van der Waals surface area contributed by atoms with Crippen LogP contribution in [0.25, 0.3) is 10.8 Å². The standard InChI is InChI=1S/C11H8O6P2S.C4H10/c12-18(13)16-11(17-19(14)15)20-10-6-5-8-3-1-2-4-9(8)7-10;1-3-4-2/h1-7,11H;3-4H2,1-2H3/p+2. The van der Waals surface area contributed by atoms with Gasteiger partial charge in [0.25, 0.3) is 0 Å². The summed E-state index contributed by atoms with van der Waals surface area (Å²) in [7, 11) is -5.87. The summed E-state index contributed by atoms with van der Waals surface area (Å²) in [6.07, 6.45) is 2.64. The van der Waals surface area contributed by atoms with Crippen LogP contribution >= 0.6 is 28.3 Å². The van der Waals surface area contributed by atoms with Gasteiger partial charge in [-0.2, -0.15) is 0 Å². The molecular weight excluding hydrogens is 370 g/mol. The van der Waals surface area contributed by atoms with Crippen molar-refractivity contribution < 1.29 is 28.0 Å². The normalized spacial score (nSPS) is 13.0. The van der Waals surface area contributed by atoms with E-state index in [2.05, 4.69) is 22.9 Å². The van der Waals surface area contributed by atoms with E-state index >= 15 is 0 Å². The maximum atomic E-state index is 10.6. The van der Waals surface area contributed by atoms with Gasteiger partial charge in [0, 0.05) is 14.0 Å². The Hall–Kier alpha value is -0.910. The number of benzene rings is 2. The largest absolute Gasteiger partial charge is 0.698 e. The van der Waals surface area contributed by atoms with E-state index in [-0.39, 0.29) is 0 Å². The number of hydrogen-bond acceptors (Lipinski definition) is 5. The van der Waals surface area contributed by atoms with Crippen LogP contribution in [0.3, 0.4) is 0 Å². The van der Waals surface area contributed by atoms with Gasteiger partial charge in [0.1, 0.15) is 0 Å². The number of thioether (sulfide) groups is 1. The predicted octanol–water partition coefficient (Wildman–Crippen LogP) is 5.35. The Morgan fingerprint density at radius 1 is 0.958 bits per heavy atom. The maximum absolute atomic E-state index is 10.6. The molecule has 2 N–H and O–H groups in total. The van der Waals surface area contributed by atoms with E-state index in [1.807, 2.05) is 36.4 Å². The Labute approximate surface area is 147 Å². The van der Waals surface area contributed by atoms with Crippen molar-refractivity contribution in [2.45, 2.75) is 37.2 Å². The van der Waals surface area contributed by atoms with Crippen molar-refractivity contribution in [1.82, 2.24) is 0 Å². The minimum Gasteiger partial charge on any atom is -0.133 e. The van der Waals surface area contributed by atoms with E-state index in [0.717, 1.165) is 22.5 Å². The molecule has 24 heavy (non-hydrogen) atoms. The summed E-state index contributed by atoms with van der Waals surface area (Å²) in [6, 6.07) is 13.1. The van der Waals surface area contributed by atoms with Crippen molar-refractivity contribution in [2.24, 2.45) is 0 Å². The van der Waals surface area contributed by atoms with Crippen molar-refractivity contribution in [2.75, 3.05) is 0 Å². The predicted molar refractivity (Wildman–Crippen MR) is 96.0 cm³/mol. The lowest BCUT2D eigenvalue weighted by Gasteiger charge is -2.05. The zero-order chi connectivity index (χ0) is 17.9. The SMILES string of the molecule is CCCC.O=[P+](O)OC(O[P+](=O)O)Sc1ccc2ccccc2c1. The van der Waals surface area contributed by atoms with E-state index < -0.39 is 22.1 Å². The van der Waals surface area contributed by atoms with Crippen LogP contribution in [0.15, 0.2) is 47.4 Å². The lowest BCUT2D eigenvalue weighted by atomic mass is 10.1. The van der Waals surface area contributed by atoms with Crippen molar-refractivity contribution in [1.29, 1.82) is 0 Å². The van der Waals surface area contributed by atoms with Crippen LogP contribution in [0.1, 0.15) is 26.7 Å². The quantitative estimate of drug-likeness (QED) is 0.374. The highest BCUT2D eigenvalue weighted by atomic mass is 32.2. The van der Waals surface area contributed by atoms with Crippen LogP contribution in [-0.4, -0.2) is 15.4 Å². The molecule has 2 rings (SSSR count). The summed E-state index contributed by atoms with van der Waals surface area (Å²) in [5.41, 5.74) is -1.33. The molecule has 130 valence electrons. The van der Waals surface area contributed by atoms with Crippen molar-refractivity contribution in [3.63, 3.8) is 0 Å². The Bertz CT molecular complexity index is 664. The maximum Gasteiger partial charge on any atom is 0.698 e. The van der Waals surface area contributed by atoms with E-state index in [9.17, 15) is 9.13 Å². The third-order valence-electron chi connectivity index (χ3n) is 2.81. The molecule has 2 unspecified atom stereocenters. The lowest BCUT2D eigenvalue weighted by molar-refractivity contribution is 0.0777. The molecule has 0 amide bonds.